The zero-order valence-corrected chi connectivity index (χ0v) is 6.95. The van der Waals surface area contributed by atoms with Crippen LogP contribution in [-0.4, -0.2) is 17.1 Å². The zero-order chi connectivity index (χ0) is 8.97. The zero-order valence-electron chi connectivity index (χ0n) is 6.95. The Labute approximate surface area is 71.4 Å². The highest BCUT2D eigenvalue weighted by Gasteiger charge is 2.01. The summed E-state index contributed by atoms with van der Waals surface area (Å²) in [7, 11) is 1.55. The van der Waals surface area contributed by atoms with Gasteiger partial charge >= 0.3 is 0 Å². The Kier molecular flexibility index (Phi) is 2.58. The smallest absolute Gasteiger partial charge is 0.239 e. The monoisotopic (exact) mass is 162 g/mol. The largest absolute Gasteiger partial charge is 0.479 e. The van der Waals surface area contributed by atoms with Gasteiger partial charge in [-0.1, -0.05) is 13.2 Å². The van der Waals surface area contributed by atoms with Gasteiger partial charge in [0.05, 0.1) is 19.0 Å². The summed E-state index contributed by atoms with van der Waals surface area (Å²) >= 11 is 0. The quantitative estimate of drug-likeness (QED) is 0.679. The number of ether oxygens (including phenoxy) is 1. The summed E-state index contributed by atoms with van der Waals surface area (Å²) in [5.41, 5.74) is 1.35. The van der Waals surface area contributed by atoms with Crippen molar-refractivity contribution in [1.82, 2.24) is 9.97 Å². The van der Waals surface area contributed by atoms with E-state index in [0.717, 1.165) is 0 Å². The molecule has 0 aromatic carbocycles. The molecule has 0 unspecified atom stereocenters. The second-order valence-electron chi connectivity index (χ2n) is 2.10. The van der Waals surface area contributed by atoms with Crippen molar-refractivity contribution in [1.29, 1.82) is 0 Å². The number of methoxy groups -OCH3 is 1. The maximum Gasteiger partial charge on any atom is 0.239 e. The first-order valence-corrected chi connectivity index (χ1v) is 3.47. The van der Waals surface area contributed by atoms with Crippen molar-refractivity contribution < 1.29 is 4.74 Å². The van der Waals surface area contributed by atoms with Crippen molar-refractivity contribution in [3.05, 3.63) is 30.7 Å². The normalized spacial score (nSPS) is 9.08. The molecule has 0 fully saturated rings. The minimum Gasteiger partial charge on any atom is -0.479 e. The highest BCUT2D eigenvalue weighted by atomic mass is 16.5. The van der Waals surface area contributed by atoms with Crippen molar-refractivity contribution in [2.75, 3.05) is 7.11 Å². The molecular formula is C9H10N2O. The lowest BCUT2D eigenvalue weighted by Crippen LogP contribution is -1.95. The molecule has 0 N–H and O–H groups in total. The highest BCUT2D eigenvalue weighted by molar-refractivity contribution is 5.51. The van der Waals surface area contributed by atoms with E-state index in [2.05, 4.69) is 23.1 Å². The van der Waals surface area contributed by atoms with Gasteiger partial charge in [0, 0.05) is 0 Å². The average molecular weight is 162 g/mol. The molecule has 0 amide bonds. The average Bonchev–Trinajstić information content (AvgIpc) is 2.16. The van der Waals surface area contributed by atoms with Crippen molar-refractivity contribution in [2.45, 2.75) is 0 Å². The van der Waals surface area contributed by atoms with Crippen LogP contribution in [0.15, 0.2) is 19.4 Å². The Balaban J connectivity index is 3.18. The van der Waals surface area contributed by atoms with Gasteiger partial charge in [0.15, 0.2) is 0 Å². The van der Waals surface area contributed by atoms with Crippen LogP contribution in [0, 0.1) is 0 Å². The number of nitrogens with zero attached hydrogens (tertiary/aromatic N) is 2. The van der Waals surface area contributed by atoms with Gasteiger partial charge in [-0.05, 0) is 12.2 Å². The predicted molar refractivity (Wildman–Crippen MR) is 48.8 cm³/mol. The molecular weight excluding hydrogens is 152 g/mol. The first-order chi connectivity index (χ1) is 5.81. The Morgan fingerprint density at radius 2 is 2.17 bits per heavy atom. The second-order valence-corrected chi connectivity index (χ2v) is 2.10. The molecule has 0 aliphatic rings. The number of hydrogen-bond donors (Lipinski definition) is 0. The fraction of sp³-hybridized carbons (Fsp3) is 0.111. The lowest BCUT2D eigenvalue weighted by Gasteiger charge is -2.02. The maximum absolute atomic E-state index is 4.96. The fourth-order valence-corrected chi connectivity index (χ4v) is 0.795. The van der Waals surface area contributed by atoms with E-state index in [1.54, 1.807) is 25.5 Å². The molecule has 1 aromatic heterocycles. The lowest BCUT2D eigenvalue weighted by molar-refractivity contribution is 0.394. The third-order valence-corrected chi connectivity index (χ3v) is 1.38. The standard InChI is InChI=1S/C9H10N2O/c1-4-7-6-10-9(12-3)8(5-2)11-7/h4-6H,1-2H2,3H3. The molecule has 0 saturated heterocycles. The minimum atomic E-state index is 0.482. The van der Waals surface area contributed by atoms with Crippen LogP contribution in [0.4, 0.5) is 0 Å². The molecule has 0 bridgehead atoms. The van der Waals surface area contributed by atoms with Crippen molar-refractivity contribution in [2.24, 2.45) is 0 Å². The third-order valence-electron chi connectivity index (χ3n) is 1.38. The van der Waals surface area contributed by atoms with Crippen LogP contribution in [0.5, 0.6) is 5.88 Å². The molecule has 0 spiro atoms. The van der Waals surface area contributed by atoms with Gasteiger partial charge in [0.2, 0.25) is 5.88 Å². The predicted octanol–water partition coefficient (Wildman–Crippen LogP) is 1.77. The summed E-state index contributed by atoms with van der Waals surface area (Å²) in [6.07, 6.45) is 4.82. The summed E-state index contributed by atoms with van der Waals surface area (Å²) in [5, 5.41) is 0. The van der Waals surface area contributed by atoms with E-state index in [-0.39, 0.29) is 0 Å². The van der Waals surface area contributed by atoms with E-state index in [4.69, 9.17) is 4.74 Å². The van der Waals surface area contributed by atoms with Crippen LogP contribution in [0.1, 0.15) is 11.4 Å². The summed E-state index contributed by atoms with van der Waals surface area (Å²) in [6, 6.07) is 0. The van der Waals surface area contributed by atoms with Gasteiger partial charge in [-0.2, -0.15) is 0 Å². The Morgan fingerprint density at radius 3 is 2.67 bits per heavy atom. The molecule has 0 saturated carbocycles. The molecule has 0 radical (unpaired) electrons. The number of aromatic nitrogens is 2. The Hall–Kier alpha value is -1.64. The SMILES string of the molecule is C=Cc1cnc(OC)c(C=C)n1. The van der Waals surface area contributed by atoms with Gasteiger partial charge in [-0.3, -0.25) is 0 Å². The van der Waals surface area contributed by atoms with Crippen LogP contribution in [0.25, 0.3) is 12.2 Å². The molecule has 0 aliphatic heterocycles. The maximum atomic E-state index is 4.96. The summed E-state index contributed by atoms with van der Waals surface area (Å²) in [5.74, 6) is 0.482. The summed E-state index contributed by atoms with van der Waals surface area (Å²) < 4.78 is 4.96. The Morgan fingerprint density at radius 1 is 1.42 bits per heavy atom. The van der Waals surface area contributed by atoms with E-state index >= 15 is 0 Å². The van der Waals surface area contributed by atoms with Crippen LogP contribution in [0.2, 0.25) is 0 Å². The fourth-order valence-electron chi connectivity index (χ4n) is 0.795. The molecule has 1 aromatic rings. The molecule has 12 heavy (non-hydrogen) atoms. The van der Waals surface area contributed by atoms with Crippen molar-refractivity contribution in [3.8, 4) is 5.88 Å². The number of hydrogen-bond acceptors (Lipinski definition) is 3. The van der Waals surface area contributed by atoms with Gasteiger partial charge in [-0.15, -0.1) is 0 Å². The Bertz CT molecular complexity index is 307. The first kappa shape index (κ1) is 8.46. The van der Waals surface area contributed by atoms with Crippen molar-refractivity contribution >= 4 is 12.2 Å². The van der Waals surface area contributed by atoms with Crippen LogP contribution in [-0.2, 0) is 0 Å². The molecule has 0 atom stereocenters. The molecule has 1 rings (SSSR count). The highest BCUT2D eigenvalue weighted by Crippen LogP contribution is 2.13. The van der Waals surface area contributed by atoms with Gasteiger partial charge in [0.25, 0.3) is 0 Å². The van der Waals surface area contributed by atoms with E-state index in [1.165, 1.54) is 0 Å². The van der Waals surface area contributed by atoms with E-state index < -0.39 is 0 Å². The molecule has 3 heteroatoms. The van der Waals surface area contributed by atoms with Crippen LogP contribution >= 0.6 is 0 Å². The van der Waals surface area contributed by atoms with E-state index in [9.17, 15) is 0 Å². The lowest BCUT2D eigenvalue weighted by atomic mass is 10.4. The number of rotatable bonds is 3. The molecule has 62 valence electrons. The van der Waals surface area contributed by atoms with Gasteiger partial charge in [-0.25, -0.2) is 9.97 Å². The minimum absolute atomic E-state index is 0.482. The second kappa shape index (κ2) is 3.67. The first-order valence-electron chi connectivity index (χ1n) is 3.47. The molecule has 0 aliphatic carbocycles. The van der Waals surface area contributed by atoms with Gasteiger partial charge in [0.1, 0.15) is 5.69 Å². The summed E-state index contributed by atoms with van der Waals surface area (Å²) in [6.45, 7) is 7.18. The third kappa shape index (κ3) is 1.50. The molecule has 3 nitrogen and oxygen atoms in total. The van der Waals surface area contributed by atoms with Crippen molar-refractivity contribution in [3.63, 3.8) is 0 Å². The van der Waals surface area contributed by atoms with Crippen LogP contribution in [0.3, 0.4) is 0 Å². The van der Waals surface area contributed by atoms with Gasteiger partial charge < -0.3 is 4.74 Å². The van der Waals surface area contributed by atoms with E-state index in [0.29, 0.717) is 17.3 Å². The topological polar surface area (TPSA) is 35.0 Å². The van der Waals surface area contributed by atoms with E-state index in [1.807, 2.05) is 0 Å². The summed E-state index contributed by atoms with van der Waals surface area (Å²) in [4.78, 5) is 8.17. The van der Waals surface area contributed by atoms with Crippen LogP contribution < -0.4 is 4.74 Å². The molecule has 1 heterocycles.